The number of hydrogen-bond acceptors (Lipinski definition) is 6. The molecule has 0 unspecified atom stereocenters. The van der Waals surface area contributed by atoms with Crippen molar-refractivity contribution in [2.24, 2.45) is 0 Å². The van der Waals surface area contributed by atoms with Crippen molar-refractivity contribution in [2.45, 2.75) is 0 Å². The highest BCUT2D eigenvalue weighted by Crippen LogP contribution is 2.30. The number of phenolic OH excluding ortho intramolecular Hbond substituents is 1. The molecule has 0 fully saturated rings. The maximum absolute atomic E-state index is 12.3. The second-order valence-electron chi connectivity index (χ2n) is 5.48. The third-order valence-electron chi connectivity index (χ3n) is 3.68. The fourth-order valence-corrected chi connectivity index (χ4v) is 2.52. The molecule has 0 aliphatic heterocycles. The molecule has 0 radical (unpaired) electrons. The molecule has 0 spiro atoms. The van der Waals surface area contributed by atoms with Gasteiger partial charge in [-0.1, -0.05) is 30.3 Å². The fourth-order valence-electron chi connectivity index (χ4n) is 2.52. The molecule has 0 bridgehead atoms. The number of ether oxygens (including phenoxy) is 1. The number of nitrogens with one attached hydrogen (secondary N) is 1. The van der Waals surface area contributed by atoms with Gasteiger partial charge in [0.2, 0.25) is 0 Å². The van der Waals surface area contributed by atoms with Crippen LogP contribution >= 0.6 is 0 Å². The van der Waals surface area contributed by atoms with Crippen LogP contribution in [0, 0.1) is 0 Å². The monoisotopic (exact) mass is 341 g/mol. The minimum Gasteiger partial charge on any atom is -0.507 e. The van der Waals surface area contributed by atoms with Crippen LogP contribution in [0.2, 0.25) is 0 Å². The van der Waals surface area contributed by atoms with Gasteiger partial charge in [-0.25, -0.2) is 0 Å². The van der Waals surface area contributed by atoms with Crippen LogP contribution in [0.15, 0.2) is 57.7 Å². The Morgan fingerprint density at radius 2 is 1.88 bits per heavy atom. The second-order valence-corrected chi connectivity index (χ2v) is 5.48. The number of hydrogen-bond donors (Lipinski definition) is 3. The number of benzene rings is 2. The number of aliphatic hydroxyl groups is 1. The van der Waals surface area contributed by atoms with Crippen molar-refractivity contribution >= 4 is 11.0 Å². The van der Waals surface area contributed by atoms with Crippen LogP contribution in [-0.2, 0) is 0 Å². The number of fused-ring (bicyclic) bond motifs is 1. The Morgan fingerprint density at radius 1 is 1.08 bits per heavy atom. The number of aromatic hydroxyl groups is 1. The summed E-state index contributed by atoms with van der Waals surface area (Å²) in [5, 5.41) is 22.0. The van der Waals surface area contributed by atoms with Gasteiger partial charge in [-0.3, -0.25) is 4.79 Å². The summed E-state index contributed by atoms with van der Waals surface area (Å²) in [6.45, 7) is 1.45. The van der Waals surface area contributed by atoms with Gasteiger partial charge in [-0.2, -0.15) is 0 Å². The molecule has 0 atom stereocenters. The highest BCUT2D eigenvalue weighted by Gasteiger charge is 2.12. The van der Waals surface area contributed by atoms with Crippen LogP contribution in [0.1, 0.15) is 0 Å². The molecule has 6 nitrogen and oxygen atoms in total. The molecule has 0 amide bonds. The molecule has 0 saturated carbocycles. The Hall–Kier alpha value is -2.83. The lowest BCUT2D eigenvalue weighted by atomic mass is 10.1. The molecular weight excluding hydrogens is 322 g/mol. The average Bonchev–Trinajstić information content (AvgIpc) is 2.61. The molecular formula is C19H19NO5. The summed E-state index contributed by atoms with van der Waals surface area (Å²) in [4.78, 5) is 12.3. The Labute approximate surface area is 144 Å². The van der Waals surface area contributed by atoms with E-state index >= 15 is 0 Å². The Bertz CT molecular complexity index is 905. The van der Waals surface area contributed by atoms with E-state index in [1.165, 1.54) is 12.1 Å². The van der Waals surface area contributed by atoms with Gasteiger partial charge in [-0.05, 0) is 0 Å². The predicted molar refractivity (Wildman–Crippen MR) is 95.0 cm³/mol. The van der Waals surface area contributed by atoms with E-state index in [0.717, 1.165) is 5.56 Å². The van der Waals surface area contributed by atoms with Crippen molar-refractivity contribution in [1.82, 2.24) is 5.32 Å². The van der Waals surface area contributed by atoms with Crippen LogP contribution in [-0.4, -0.2) is 36.5 Å². The van der Waals surface area contributed by atoms with Crippen molar-refractivity contribution in [3.63, 3.8) is 0 Å². The minimum atomic E-state index is -0.311. The second kappa shape index (κ2) is 7.83. The zero-order valence-corrected chi connectivity index (χ0v) is 13.6. The summed E-state index contributed by atoms with van der Waals surface area (Å²) in [6, 6.07) is 13.6. The third-order valence-corrected chi connectivity index (χ3v) is 3.68. The van der Waals surface area contributed by atoms with E-state index < -0.39 is 0 Å². The van der Waals surface area contributed by atoms with Crippen LogP contribution in [0.3, 0.4) is 0 Å². The number of phenols is 1. The van der Waals surface area contributed by atoms with E-state index in [1.54, 1.807) is 6.07 Å². The van der Waals surface area contributed by atoms with E-state index in [9.17, 15) is 9.90 Å². The summed E-state index contributed by atoms with van der Waals surface area (Å²) in [7, 11) is 0. The van der Waals surface area contributed by atoms with Gasteiger partial charge >= 0.3 is 0 Å². The van der Waals surface area contributed by atoms with Gasteiger partial charge in [0, 0.05) is 36.9 Å². The molecule has 25 heavy (non-hydrogen) atoms. The molecule has 0 aliphatic carbocycles. The number of aliphatic hydroxyl groups excluding tert-OH is 1. The summed E-state index contributed by atoms with van der Waals surface area (Å²) < 4.78 is 11.4. The van der Waals surface area contributed by atoms with Crippen molar-refractivity contribution < 1.29 is 19.4 Å². The first kappa shape index (κ1) is 17.0. The van der Waals surface area contributed by atoms with Crippen molar-refractivity contribution in [3.05, 3.63) is 58.8 Å². The van der Waals surface area contributed by atoms with Crippen molar-refractivity contribution in [2.75, 3.05) is 26.3 Å². The first-order valence-electron chi connectivity index (χ1n) is 7.99. The predicted octanol–water partition coefficient (Wildman–Crippen LogP) is 2.13. The maximum atomic E-state index is 12.3. The zero-order chi connectivity index (χ0) is 17.6. The number of rotatable bonds is 7. The highest BCUT2D eigenvalue weighted by atomic mass is 16.5. The smallest absolute Gasteiger partial charge is 0.197 e. The molecule has 1 heterocycles. The van der Waals surface area contributed by atoms with E-state index in [-0.39, 0.29) is 28.8 Å². The van der Waals surface area contributed by atoms with Gasteiger partial charge in [0.25, 0.3) is 0 Å². The molecule has 0 aliphatic rings. The lowest BCUT2D eigenvalue weighted by molar-refractivity contribution is 0.275. The standard InChI is InChI=1S/C19H19NO5/c21-8-6-20-7-9-24-14-10-15(22)19-16(23)12-17(25-18(19)11-14)13-4-2-1-3-5-13/h1-5,10-12,20-22H,6-9H2. The molecule has 0 saturated heterocycles. The van der Waals surface area contributed by atoms with E-state index in [0.29, 0.717) is 31.2 Å². The molecule has 3 aromatic rings. The van der Waals surface area contributed by atoms with Crippen molar-refractivity contribution in [3.8, 4) is 22.8 Å². The van der Waals surface area contributed by atoms with E-state index in [1.807, 2.05) is 30.3 Å². The van der Waals surface area contributed by atoms with Crippen LogP contribution in [0.5, 0.6) is 11.5 Å². The molecule has 3 N–H and O–H groups in total. The van der Waals surface area contributed by atoms with Gasteiger partial charge in [-0.15, -0.1) is 0 Å². The lowest BCUT2D eigenvalue weighted by Crippen LogP contribution is -2.23. The molecule has 3 rings (SSSR count). The molecule has 130 valence electrons. The van der Waals surface area contributed by atoms with Gasteiger partial charge < -0.3 is 24.7 Å². The maximum Gasteiger partial charge on any atom is 0.197 e. The Morgan fingerprint density at radius 3 is 2.64 bits per heavy atom. The summed E-state index contributed by atoms with van der Waals surface area (Å²) in [5.74, 6) is 0.660. The normalized spacial score (nSPS) is 10.9. The van der Waals surface area contributed by atoms with Gasteiger partial charge in [0.1, 0.15) is 34.8 Å². The summed E-state index contributed by atoms with van der Waals surface area (Å²) in [6.07, 6.45) is 0. The van der Waals surface area contributed by atoms with Crippen LogP contribution in [0.4, 0.5) is 0 Å². The molecule has 1 aromatic heterocycles. The molecule has 6 heteroatoms. The fraction of sp³-hybridized carbons (Fsp3) is 0.211. The lowest BCUT2D eigenvalue weighted by Gasteiger charge is -2.09. The summed E-state index contributed by atoms with van der Waals surface area (Å²) in [5.41, 5.74) is 0.735. The van der Waals surface area contributed by atoms with Crippen LogP contribution < -0.4 is 15.5 Å². The Kier molecular flexibility index (Phi) is 5.33. The molecule has 2 aromatic carbocycles. The van der Waals surface area contributed by atoms with E-state index in [2.05, 4.69) is 5.32 Å². The van der Waals surface area contributed by atoms with Crippen LogP contribution in [0.25, 0.3) is 22.3 Å². The Balaban J connectivity index is 1.91. The average molecular weight is 341 g/mol. The minimum absolute atomic E-state index is 0.0597. The topological polar surface area (TPSA) is 91.9 Å². The van der Waals surface area contributed by atoms with Gasteiger partial charge in [0.15, 0.2) is 5.43 Å². The quantitative estimate of drug-likeness (QED) is 0.570. The van der Waals surface area contributed by atoms with Crippen molar-refractivity contribution in [1.29, 1.82) is 0 Å². The van der Waals surface area contributed by atoms with E-state index in [4.69, 9.17) is 14.3 Å². The first-order chi connectivity index (χ1) is 12.2. The zero-order valence-electron chi connectivity index (χ0n) is 13.6. The first-order valence-corrected chi connectivity index (χ1v) is 7.99. The largest absolute Gasteiger partial charge is 0.507 e. The highest BCUT2D eigenvalue weighted by molar-refractivity contribution is 5.86. The third kappa shape index (κ3) is 3.99. The summed E-state index contributed by atoms with van der Waals surface area (Å²) >= 11 is 0. The SMILES string of the molecule is O=c1cc(-c2ccccc2)oc2cc(OCCNCCO)cc(O)c12. The van der Waals surface area contributed by atoms with Gasteiger partial charge in [0.05, 0.1) is 6.61 Å².